The van der Waals surface area contributed by atoms with Crippen molar-refractivity contribution in [1.29, 1.82) is 0 Å². The summed E-state index contributed by atoms with van der Waals surface area (Å²) in [4.78, 5) is 6.83. The minimum atomic E-state index is 0. The molecule has 1 atom stereocenters. The van der Waals surface area contributed by atoms with Crippen molar-refractivity contribution in [3.63, 3.8) is 0 Å². The average Bonchev–Trinajstić information content (AvgIpc) is 2.97. The van der Waals surface area contributed by atoms with Crippen molar-refractivity contribution in [1.82, 2.24) is 20.4 Å². The number of hydrogen-bond donors (Lipinski definition) is 1. The summed E-state index contributed by atoms with van der Waals surface area (Å²) in [5.74, 6) is 1.47. The van der Waals surface area contributed by atoms with E-state index in [1.54, 1.807) is 0 Å². The zero-order chi connectivity index (χ0) is 14.7. The second-order valence-corrected chi connectivity index (χ2v) is 5.59. The Labute approximate surface area is 137 Å². The number of nitrogens with one attached hydrogen (secondary N) is 1. The molecule has 0 amide bonds. The number of halogens is 1. The Hall–Kier alpha value is -1.43. The molecule has 5 nitrogen and oxygen atoms in total. The van der Waals surface area contributed by atoms with Crippen molar-refractivity contribution in [2.24, 2.45) is 0 Å². The molecule has 1 fully saturated rings. The van der Waals surface area contributed by atoms with Crippen LogP contribution in [0.1, 0.15) is 35.8 Å². The molecule has 0 saturated carbocycles. The predicted molar refractivity (Wildman–Crippen MR) is 88.4 cm³/mol. The van der Waals surface area contributed by atoms with E-state index < -0.39 is 0 Å². The zero-order valence-corrected chi connectivity index (χ0v) is 13.9. The summed E-state index contributed by atoms with van der Waals surface area (Å²) in [6, 6.07) is 8.80. The number of likely N-dealkylation sites (N-methyl/N-ethyl adjacent to an activating group) is 1. The van der Waals surface area contributed by atoms with Gasteiger partial charge in [0.05, 0.1) is 12.5 Å². The van der Waals surface area contributed by atoms with Crippen molar-refractivity contribution in [3.8, 4) is 0 Å². The largest absolute Gasteiger partial charge is 0.339 e. The minimum absolute atomic E-state index is 0. The average molecular weight is 323 g/mol. The summed E-state index contributed by atoms with van der Waals surface area (Å²) < 4.78 is 5.41. The lowest BCUT2D eigenvalue weighted by molar-refractivity contribution is 0.190. The maximum absolute atomic E-state index is 5.41. The molecule has 6 heteroatoms. The van der Waals surface area contributed by atoms with Crippen LogP contribution in [0.2, 0.25) is 0 Å². The molecular formula is C16H23ClN4O. The highest BCUT2D eigenvalue weighted by atomic mass is 35.5. The fraction of sp³-hybridized carbons (Fsp3) is 0.500. The third-order valence-corrected chi connectivity index (χ3v) is 4.08. The Morgan fingerprint density at radius 1 is 1.27 bits per heavy atom. The lowest BCUT2D eigenvalue weighted by atomic mass is 10.1. The molecule has 3 rings (SSSR count). The molecule has 1 aromatic carbocycles. The summed E-state index contributed by atoms with van der Waals surface area (Å²) in [6.45, 7) is 5.06. The van der Waals surface area contributed by atoms with Gasteiger partial charge in [-0.3, -0.25) is 4.90 Å². The monoisotopic (exact) mass is 322 g/mol. The Balaban J connectivity index is 0.00000176. The number of rotatable bonds is 4. The van der Waals surface area contributed by atoms with Crippen LogP contribution in [0, 0.1) is 0 Å². The van der Waals surface area contributed by atoms with E-state index >= 15 is 0 Å². The normalized spacial score (nSPS) is 18.9. The summed E-state index contributed by atoms with van der Waals surface area (Å²) in [5, 5.41) is 7.52. The van der Waals surface area contributed by atoms with Crippen LogP contribution >= 0.6 is 12.4 Å². The summed E-state index contributed by atoms with van der Waals surface area (Å²) in [7, 11) is 2.10. The van der Waals surface area contributed by atoms with Gasteiger partial charge >= 0.3 is 0 Å². The fourth-order valence-corrected chi connectivity index (χ4v) is 2.64. The minimum Gasteiger partial charge on any atom is -0.339 e. The first-order valence-electron chi connectivity index (χ1n) is 7.57. The standard InChI is InChI=1S/C16H22N4O.ClH/c1-3-12-4-6-13(7-5-12)10-15-18-16(19-21-15)14-11-17-8-9-20(14)2;/h4-7,14,17H,3,8-11H2,1-2H3;1H. The van der Waals surface area contributed by atoms with Crippen LogP contribution in [0.3, 0.4) is 0 Å². The molecule has 1 aliphatic heterocycles. The van der Waals surface area contributed by atoms with Gasteiger partial charge in [-0.2, -0.15) is 4.98 Å². The molecule has 1 N–H and O–H groups in total. The molecule has 120 valence electrons. The first kappa shape index (κ1) is 16.9. The Kier molecular flexibility index (Phi) is 5.94. The Bertz CT molecular complexity index is 584. The Morgan fingerprint density at radius 3 is 2.68 bits per heavy atom. The predicted octanol–water partition coefficient (Wildman–Crippen LogP) is 2.22. The summed E-state index contributed by atoms with van der Waals surface area (Å²) in [5.41, 5.74) is 2.55. The molecule has 1 aromatic heterocycles. The number of hydrogen-bond acceptors (Lipinski definition) is 5. The maximum Gasteiger partial charge on any atom is 0.231 e. The summed E-state index contributed by atoms with van der Waals surface area (Å²) in [6.07, 6.45) is 1.76. The van der Waals surface area contributed by atoms with Crippen LogP contribution in [0.15, 0.2) is 28.8 Å². The molecule has 1 saturated heterocycles. The quantitative estimate of drug-likeness (QED) is 0.935. The van der Waals surface area contributed by atoms with Crippen LogP contribution in [-0.4, -0.2) is 41.7 Å². The van der Waals surface area contributed by atoms with Crippen LogP contribution in [0.25, 0.3) is 0 Å². The molecule has 1 aliphatic rings. The van der Waals surface area contributed by atoms with E-state index in [0.29, 0.717) is 12.3 Å². The fourth-order valence-electron chi connectivity index (χ4n) is 2.64. The van der Waals surface area contributed by atoms with Crippen molar-refractivity contribution in [2.75, 3.05) is 26.7 Å². The Morgan fingerprint density at radius 2 is 2.00 bits per heavy atom. The van der Waals surface area contributed by atoms with E-state index in [4.69, 9.17) is 4.52 Å². The number of aromatic nitrogens is 2. The molecule has 2 aromatic rings. The van der Waals surface area contributed by atoms with Gasteiger partial charge in [-0.15, -0.1) is 12.4 Å². The highest BCUT2D eigenvalue weighted by molar-refractivity contribution is 5.85. The number of benzene rings is 1. The van der Waals surface area contributed by atoms with Gasteiger partial charge in [0.15, 0.2) is 5.82 Å². The van der Waals surface area contributed by atoms with Gasteiger partial charge in [-0.05, 0) is 24.6 Å². The lowest BCUT2D eigenvalue weighted by Gasteiger charge is -2.30. The van der Waals surface area contributed by atoms with E-state index in [0.717, 1.165) is 31.9 Å². The van der Waals surface area contributed by atoms with Gasteiger partial charge in [-0.25, -0.2) is 0 Å². The number of nitrogens with zero attached hydrogens (tertiary/aromatic N) is 3. The van der Waals surface area contributed by atoms with Crippen molar-refractivity contribution >= 4 is 12.4 Å². The van der Waals surface area contributed by atoms with Gasteiger partial charge in [0.25, 0.3) is 0 Å². The molecular weight excluding hydrogens is 300 g/mol. The van der Waals surface area contributed by atoms with Crippen molar-refractivity contribution in [3.05, 3.63) is 47.1 Å². The molecule has 0 spiro atoms. The van der Waals surface area contributed by atoms with Crippen molar-refractivity contribution in [2.45, 2.75) is 25.8 Å². The van der Waals surface area contributed by atoms with Crippen LogP contribution < -0.4 is 5.32 Å². The third-order valence-electron chi connectivity index (χ3n) is 4.08. The maximum atomic E-state index is 5.41. The second kappa shape index (κ2) is 7.72. The molecule has 0 radical (unpaired) electrons. The smallest absolute Gasteiger partial charge is 0.231 e. The van der Waals surface area contributed by atoms with Gasteiger partial charge in [0.1, 0.15) is 0 Å². The number of aryl methyl sites for hydroxylation is 1. The van der Waals surface area contributed by atoms with E-state index in [1.807, 2.05) is 0 Å². The lowest BCUT2D eigenvalue weighted by Crippen LogP contribution is -2.44. The second-order valence-electron chi connectivity index (χ2n) is 5.59. The summed E-state index contributed by atoms with van der Waals surface area (Å²) >= 11 is 0. The van der Waals surface area contributed by atoms with Gasteiger partial charge < -0.3 is 9.84 Å². The topological polar surface area (TPSA) is 54.2 Å². The highest BCUT2D eigenvalue weighted by Gasteiger charge is 2.25. The first-order chi connectivity index (χ1) is 10.3. The van der Waals surface area contributed by atoms with E-state index in [9.17, 15) is 0 Å². The van der Waals surface area contributed by atoms with Gasteiger partial charge in [0, 0.05) is 19.6 Å². The van der Waals surface area contributed by atoms with Crippen LogP contribution in [0.4, 0.5) is 0 Å². The van der Waals surface area contributed by atoms with E-state index in [2.05, 4.69) is 58.6 Å². The first-order valence-corrected chi connectivity index (χ1v) is 7.57. The molecule has 0 aliphatic carbocycles. The molecule has 1 unspecified atom stereocenters. The van der Waals surface area contributed by atoms with E-state index in [1.165, 1.54) is 11.1 Å². The highest BCUT2D eigenvalue weighted by Crippen LogP contribution is 2.18. The SMILES string of the molecule is CCc1ccc(Cc2nc(C3CNCCN3C)no2)cc1.Cl. The van der Waals surface area contributed by atoms with Crippen LogP contribution in [-0.2, 0) is 12.8 Å². The zero-order valence-electron chi connectivity index (χ0n) is 13.1. The van der Waals surface area contributed by atoms with Gasteiger partial charge in [-0.1, -0.05) is 36.3 Å². The molecule has 0 bridgehead atoms. The van der Waals surface area contributed by atoms with Crippen LogP contribution in [0.5, 0.6) is 0 Å². The van der Waals surface area contributed by atoms with Gasteiger partial charge in [0.2, 0.25) is 5.89 Å². The van der Waals surface area contributed by atoms with Crippen molar-refractivity contribution < 1.29 is 4.52 Å². The number of piperazine rings is 1. The third kappa shape index (κ3) is 3.85. The van der Waals surface area contributed by atoms with E-state index in [-0.39, 0.29) is 18.4 Å². The molecule has 2 heterocycles. The molecule has 22 heavy (non-hydrogen) atoms.